The molecule has 2 rings (SSSR count). The summed E-state index contributed by atoms with van der Waals surface area (Å²) in [5.74, 6) is -0.185. The smallest absolute Gasteiger partial charge is 0.348 e. The lowest BCUT2D eigenvalue weighted by molar-refractivity contribution is -0.137. The Morgan fingerprint density at radius 2 is 1.65 bits per heavy atom. The number of methoxy groups -OCH3 is 1. The van der Waals surface area contributed by atoms with E-state index >= 15 is 0 Å². The van der Waals surface area contributed by atoms with Crippen molar-refractivity contribution in [1.29, 1.82) is 5.26 Å². The van der Waals surface area contributed by atoms with Crippen LogP contribution in [0.15, 0.2) is 54.1 Å². The van der Waals surface area contributed by atoms with E-state index in [1.54, 1.807) is 68.6 Å². The van der Waals surface area contributed by atoms with Gasteiger partial charge in [-0.2, -0.15) is 5.26 Å². The first-order chi connectivity index (χ1) is 12.6. The summed E-state index contributed by atoms with van der Waals surface area (Å²) in [4.78, 5) is 23.7. The van der Waals surface area contributed by atoms with Gasteiger partial charge < -0.3 is 14.2 Å². The quantitative estimate of drug-likeness (QED) is 0.343. The van der Waals surface area contributed by atoms with Gasteiger partial charge in [0.1, 0.15) is 23.1 Å². The molecule has 0 unspecified atom stereocenters. The van der Waals surface area contributed by atoms with Crippen molar-refractivity contribution in [3.05, 3.63) is 65.2 Å². The lowest BCUT2D eigenvalue weighted by Gasteiger charge is -2.06. The highest BCUT2D eigenvalue weighted by Gasteiger charge is 2.11. The van der Waals surface area contributed by atoms with Crippen LogP contribution in [-0.2, 0) is 9.53 Å². The van der Waals surface area contributed by atoms with Gasteiger partial charge in [0.25, 0.3) is 0 Å². The molecule has 0 saturated heterocycles. The number of rotatable bonds is 6. The highest BCUT2D eigenvalue weighted by molar-refractivity contribution is 5.97. The van der Waals surface area contributed by atoms with Gasteiger partial charge in [0.2, 0.25) is 0 Å². The van der Waals surface area contributed by atoms with E-state index in [1.165, 1.54) is 6.08 Å². The van der Waals surface area contributed by atoms with Crippen molar-refractivity contribution >= 4 is 18.0 Å². The number of carbonyl (C=O) groups is 2. The topological polar surface area (TPSA) is 85.6 Å². The molecule has 0 aromatic heterocycles. The van der Waals surface area contributed by atoms with E-state index in [0.29, 0.717) is 22.6 Å². The van der Waals surface area contributed by atoms with Crippen molar-refractivity contribution in [1.82, 2.24) is 0 Å². The maximum absolute atomic E-state index is 12.1. The first kappa shape index (κ1) is 18.7. The average Bonchev–Trinajstić information content (AvgIpc) is 2.67. The number of hydrogen-bond donors (Lipinski definition) is 0. The molecule has 2 aromatic rings. The Balaban J connectivity index is 2.07. The Morgan fingerprint density at radius 3 is 2.19 bits per heavy atom. The fourth-order valence-electron chi connectivity index (χ4n) is 2.04. The fourth-order valence-corrected chi connectivity index (χ4v) is 2.04. The summed E-state index contributed by atoms with van der Waals surface area (Å²) < 4.78 is 15.1. The molecule has 0 fully saturated rings. The fraction of sp³-hybridized carbons (Fsp3) is 0.150. The minimum atomic E-state index is -0.676. The second-order valence-corrected chi connectivity index (χ2v) is 5.08. The van der Waals surface area contributed by atoms with Gasteiger partial charge >= 0.3 is 11.9 Å². The van der Waals surface area contributed by atoms with E-state index in [4.69, 9.17) is 19.5 Å². The molecule has 6 heteroatoms. The number of benzene rings is 2. The molecule has 0 spiro atoms. The Bertz CT molecular complexity index is 845. The van der Waals surface area contributed by atoms with Gasteiger partial charge in [-0.05, 0) is 55.0 Å². The summed E-state index contributed by atoms with van der Waals surface area (Å²) >= 11 is 0. The SMILES string of the molecule is CCOC(=O)/C(C#N)=C/c1ccc(OC(=O)c2ccc(OC)cc2)cc1. The molecule has 0 aliphatic heterocycles. The number of nitrogens with zero attached hydrogens (tertiary/aromatic N) is 1. The summed E-state index contributed by atoms with van der Waals surface area (Å²) in [5, 5.41) is 9.02. The molecule has 0 bridgehead atoms. The zero-order valence-corrected chi connectivity index (χ0v) is 14.4. The lowest BCUT2D eigenvalue weighted by Crippen LogP contribution is -2.08. The Kier molecular flexibility index (Phi) is 6.52. The molecule has 0 N–H and O–H groups in total. The molecule has 0 radical (unpaired) electrons. The second-order valence-electron chi connectivity index (χ2n) is 5.08. The van der Waals surface area contributed by atoms with E-state index in [-0.39, 0.29) is 12.2 Å². The van der Waals surface area contributed by atoms with E-state index in [1.807, 2.05) is 0 Å². The maximum atomic E-state index is 12.1. The van der Waals surface area contributed by atoms with Crippen molar-refractivity contribution in [3.63, 3.8) is 0 Å². The number of ether oxygens (including phenoxy) is 3. The normalized spacial score (nSPS) is 10.6. The zero-order valence-electron chi connectivity index (χ0n) is 14.4. The molecule has 26 heavy (non-hydrogen) atoms. The number of carbonyl (C=O) groups excluding carboxylic acids is 2. The van der Waals surface area contributed by atoms with E-state index in [0.717, 1.165) is 0 Å². The number of nitriles is 1. The third-order valence-corrected chi connectivity index (χ3v) is 3.34. The highest BCUT2D eigenvalue weighted by Crippen LogP contribution is 2.18. The molecule has 0 aliphatic rings. The number of esters is 2. The van der Waals surface area contributed by atoms with Gasteiger partial charge in [0.05, 0.1) is 19.3 Å². The van der Waals surface area contributed by atoms with Crippen molar-refractivity contribution < 1.29 is 23.8 Å². The van der Waals surface area contributed by atoms with Crippen LogP contribution in [0, 0.1) is 11.3 Å². The molecule has 0 amide bonds. The van der Waals surface area contributed by atoms with Crippen LogP contribution in [0.5, 0.6) is 11.5 Å². The Labute approximate surface area is 151 Å². The summed E-state index contributed by atoms with van der Waals surface area (Å²) in [6, 6.07) is 14.8. The van der Waals surface area contributed by atoms with Gasteiger partial charge in [-0.1, -0.05) is 12.1 Å². The van der Waals surface area contributed by atoms with Crippen LogP contribution in [-0.4, -0.2) is 25.7 Å². The molecule has 0 heterocycles. The van der Waals surface area contributed by atoms with Crippen molar-refractivity contribution in [2.24, 2.45) is 0 Å². The summed E-state index contributed by atoms with van der Waals surface area (Å²) in [6.45, 7) is 1.86. The molecular weight excluding hydrogens is 334 g/mol. The molecular formula is C20H17NO5. The molecule has 132 valence electrons. The van der Waals surface area contributed by atoms with Crippen LogP contribution in [0.4, 0.5) is 0 Å². The van der Waals surface area contributed by atoms with E-state index in [2.05, 4.69) is 0 Å². The van der Waals surface area contributed by atoms with Crippen LogP contribution < -0.4 is 9.47 Å². The summed E-state index contributed by atoms with van der Waals surface area (Å²) in [7, 11) is 1.54. The minimum absolute atomic E-state index is 0.102. The predicted octanol–water partition coefficient (Wildman–Crippen LogP) is 3.38. The zero-order chi connectivity index (χ0) is 18.9. The van der Waals surface area contributed by atoms with Gasteiger partial charge in [-0.3, -0.25) is 0 Å². The van der Waals surface area contributed by atoms with Crippen LogP contribution in [0.25, 0.3) is 6.08 Å². The second kappa shape index (κ2) is 9.04. The van der Waals surface area contributed by atoms with Crippen molar-refractivity contribution in [2.45, 2.75) is 6.92 Å². The largest absolute Gasteiger partial charge is 0.497 e. The van der Waals surface area contributed by atoms with Crippen molar-refractivity contribution in [2.75, 3.05) is 13.7 Å². The lowest BCUT2D eigenvalue weighted by atomic mass is 10.1. The monoisotopic (exact) mass is 351 g/mol. The summed E-state index contributed by atoms with van der Waals surface area (Å²) in [5.41, 5.74) is 0.900. The van der Waals surface area contributed by atoms with Crippen LogP contribution >= 0.6 is 0 Å². The Hall–Kier alpha value is -3.59. The van der Waals surface area contributed by atoms with Crippen LogP contribution in [0.1, 0.15) is 22.8 Å². The predicted molar refractivity (Wildman–Crippen MR) is 94.6 cm³/mol. The van der Waals surface area contributed by atoms with Gasteiger partial charge in [0, 0.05) is 0 Å². The maximum Gasteiger partial charge on any atom is 0.348 e. The average molecular weight is 351 g/mol. The first-order valence-corrected chi connectivity index (χ1v) is 7.82. The first-order valence-electron chi connectivity index (χ1n) is 7.82. The third kappa shape index (κ3) is 4.95. The van der Waals surface area contributed by atoms with Gasteiger partial charge in [-0.25, -0.2) is 9.59 Å². The van der Waals surface area contributed by atoms with Crippen molar-refractivity contribution in [3.8, 4) is 17.6 Å². The Morgan fingerprint density at radius 1 is 1.04 bits per heavy atom. The number of hydrogen-bond acceptors (Lipinski definition) is 6. The van der Waals surface area contributed by atoms with Gasteiger partial charge in [-0.15, -0.1) is 0 Å². The standard InChI is InChI=1S/C20H17NO5/c1-3-25-19(22)16(13-21)12-14-4-8-18(9-5-14)26-20(23)15-6-10-17(24-2)11-7-15/h4-12H,3H2,1-2H3/b16-12+. The third-order valence-electron chi connectivity index (χ3n) is 3.34. The molecule has 0 saturated carbocycles. The molecule has 6 nitrogen and oxygen atoms in total. The molecule has 2 aromatic carbocycles. The van der Waals surface area contributed by atoms with E-state index < -0.39 is 11.9 Å². The highest BCUT2D eigenvalue weighted by atomic mass is 16.5. The molecule has 0 aliphatic carbocycles. The van der Waals surface area contributed by atoms with Gasteiger partial charge in [0.15, 0.2) is 0 Å². The molecule has 0 atom stereocenters. The van der Waals surface area contributed by atoms with Crippen LogP contribution in [0.3, 0.4) is 0 Å². The van der Waals surface area contributed by atoms with Crippen LogP contribution in [0.2, 0.25) is 0 Å². The summed E-state index contributed by atoms with van der Waals surface area (Å²) in [6.07, 6.45) is 1.41. The van der Waals surface area contributed by atoms with E-state index in [9.17, 15) is 9.59 Å². The minimum Gasteiger partial charge on any atom is -0.497 e.